The Morgan fingerprint density at radius 3 is 2.59 bits per heavy atom. The molecule has 1 aliphatic rings. The summed E-state index contributed by atoms with van der Waals surface area (Å²) in [6.45, 7) is 0.400. The van der Waals surface area contributed by atoms with E-state index in [1.165, 1.54) is 18.9 Å². The second-order valence-corrected chi connectivity index (χ2v) is 6.92. The first-order valence-corrected chi connectivity index (χ1v) is 9.42. The summed E-state index contributed by atoms with van der Waals surface area (Å²) < 4.78 is 9.91. The van der Waals surface area contributed by atoms with Crippen molar-refractivity contribution in [3.05, 3.63) is 59.7 Å². The fourth-order valence-electron chi connectivity index (χ4n) is 2.69. The summed E-state index contributed by atoms with van der Waals surface area (Å²) in [6, 6.07) is 14.3. The van der Waals surface area contributed by atoms with Crippen LogP contribution in [0.1, 0.15) is 22.3 Å². The number of ether oxygens (including phenoxy) is 2. The summed E-state index contributed by atoms with van der Waals surface area (Å²) >= 11 is 1.51. The number of benzene rings is 2. The molecule has 0 radical (unpaired) electrons. The van der Waals surface area contributed by atoms with Crippen LogP contribution < -0.4 is 4.90 Å². The van der Waals surface area contributed by atoms with E-state index in [0.717, 1.165) is 16.1 Å². The van der Waals surface area contributed by atoms with Crippen LogP contribution >= 0.6 is 11.8 Å². The van der Waals surface area contributed by atoms with Crippen molar-refractivity contribution < 1.29 is 23.9 Å². The molecule has 7 heteroatoms. The van der Waals surface area contributed by atoms with Crippen LogP contribution in [-0.4, -0.2) is 37.3 Å². The Hall–Kier alpha value is -2.80. The zero-order chi connectivity index (χ0) is 19.2. The number of rotatable bonds is 6. The van der Waals surface area contributed by atoms with Crippen molar-refractivity contribution in [1.82, 2.24) is 0 Å². The number of nitrogens with zero attached hydrogens (tertiary/aromatic N) is 1. The van der Waals surface area contributed by atoms with E-state index in [9.17, 15) is 14.4 Å². The third-order valence-electron chi connectivity index (χ3n) is 4.12. The quantitative estimate of drug-likeness (QED) is 0.712. The van der Waals surface area contributed by atoms with Crippen molar-refractivity contribution in [3.8, 4) is 0 Å². The molecule has 1 amide bonds. The lowest BCUT2D eigenvalue weighted by Gasteiger charge is -2.28. The summed E-state index contributed by atoms with van der Waals surface area (Å²) in [5, 5.41) is 0. The number of para-hydroxylation sites is 1. The van der Waals surface area contributed by atoms with Crippen molar-refractivity contribution in [2.75, 3.05) is 24.3 Å². The fourth-order valence-corrected chi connectivity index (χ4v) is 3.63. The van der Waals surface area contributed by atoms with Gasteiger partial charge in [0.15, 0.2) is 0 Å². The molecular weight excluding hydrogens is 366 g/mol. The van der Waals surface area contributed by atoms with Crippen molar-refractivity contribution in [3.63, 3.8) is 0 Å². The standard InChI is InChI=1S/C20H19NO5S/c1-25-20(24)15-8-6-14(7-9-15)12-26-19(23)10-11-21-16-4-2-3-5-17(16)27-13-18(21)22/h2-9H,10-13H2,1H3. The predicted octanol–water partition coefficient (Wildman–Crippen LogP) is 3.05. The molecule has 0 bridgehead atoms. The number of anilines is 1. The largest absolute Gasteiger partial charge is 0.465 e. The zero-order valence-electron chi connectivity index (χ0n) is 14.8. The van der Waals surface area contributed by atoms with Gasteiger partial charge in [0.1, 0.15) is 6.61 Å². The Morgan fingerprint density at radius 2 is 1.85 bits per heavy atom. The highest BCUT2D eigenvalue weighted by molar-refractivity contribution is 8.00. The van der Waals surface area contributed by atoms with Crippen LogP contribution in [0.3, 0.4) is 0 Å². The Morgan fingerprint density at radius 1 is 1.11 bits per heavy atom. The Bertz CT molecular complexity index is 850. The second-order valence-electron chi connectivity index (χ2n) is 5.90. The molecule has 6 nitrogen and oxygen atoms in total. The number of methoxy groups -OCH3 is 1. The lowest BCUT2D eigenvalue weighted by molar-refractivity contribution is -0.144. The molecule has 140 valence electrons. The van der Waals surface area contributed by atoms with Gasteiger partial charge in [0.25, 0.3) is 0 Å². The molecular formula is C20H19NO5S. The van der Waals surface area contributed by atoms with Crippen molar-refractivity contribution >= 4 is 35.3 Å². The van der Waals surface area contributed by atoms with Gasteiger partial charge in [-0.1, -0.05) is 24.3 Å². The first-order valence-electron chi connectivity index (χ1n) is 8.43. The van der Waals surface area contributed by atoms with Crippen LogP contribution in [-0.2, 0) is 25.7 Å². The maximum absolute atomic E-state index is 12.2. The zero-order valence-corrected chi connectivity index (χ0v) is 15.7. The molecule has 0 atom stereocenters. The van der Waals surface area contributed by atoms with Crippen LogP contribution in [0.5, 0.6) is 0 Å². The number of carbonyl (C=O) groups is 3. The normalized spacial score (nSPS) is 13.1. The number of carbonyl (C=O) groups excluding carboxylic acids is 3. The van der Waals surface area contributed by atoms with E-state index in [0.29, 0.717) is 11.3 Å². The molecule has 2 aromatic carbocycles. The SMILES string of the molecule is COC(=O)c1ccc(COC(=O)CCN2C(=O)CSc3ccccc32)cc1. The van der Waals surface area contributed by atoms with Gasteiger partial charge in [-0.2, -0.15) is 0 Å². The maximum atomic E-state index is 12.2. The molecule has 0 saturated carbocycles. The molecule has 0 spiro atoms. The van der Waals surface area contributed by atoms with Crippen molar-refractivity contribution in [2.45, 2.75) is 17.9 Å². The summed E-state index contributed by atoms with van der Waals surface area (Å²) in [7, 11) is 1.32. The molecule has 0 saturated heterocycles. The van der Waals surface area contributed by atoms with Gasteiger partial charge in [0, 0.05) is 11.4 Å². The van der Waals surface area contributed by atoms with Gasteiger partial charge in [0.2, 0.25) is 5.91 Å². The summed E-state index contributed by atoms with van der Waals surface area (Å²) in [5.74, 6) is -0.429. The molecule has 0 aromatic heterocycles. The Kier molecular flexibility index (Phi) is 6.13. The van der Waals surface area contributed by atoms with Gasteiger partial charge in [-0.25, -0.2) is 4.79 Å². The third-order valence-corrected chi connectivity index (χ3v) is 5.17. The van der Waals surface area contributed by atoms with E-state index in [1.807, 2.05) is 24.3 Å². The third kappa shape index (κ3) is 4.68. The molecule has 1 aliphatic heterocycles. The molecule has 0 unspecified atom stereocenters. The molecule has 27 heavy (non-hydrogen) atoms. The summed E-state index contributed by atoms with van der Waals surface area (Å²) in [6.07, 6.45) is 0.116. The van der Waals surface area contributed by atoms with Gasteiger partial charge in [-0.05, 0) is 29.8 Å². The Balaban J connectivity index is 1.51. The van der Waals surface area contributed by atoms with Gasteiger partial charge >= 0.3 is 11.9 Å². The van der Waals surface area contributed by atoms with E-state index in [1.54, 1.807) is 29.2 Å². The lowest BCUT2D eigenvalue weighted by atomic mass is 10.1. The van der Waals surface area contributed by atoms with Crippen LogP contribution in [0.15, 0.2) is 53.4 Å². The highest BCUT2D eigenvalue weighted by atomic mass is 32.2. The Labute approximate surface area is 161 Å². The number of esters is 2. The van der Waals surface area contributed by atoms with Crippen molar-refractivity contribution in [2.24, 2.45) is 0 Å². The minimum Gasteiger partial charge on any atom is -0.465 e. The van der Waals surface area contributed by atoms with Crippen LogP contribution in [0.4, 0.5) is 5.69 Å². The van der Waals surface area contributed by atoms with E-state index >= 15 is 0 Å². The fraction of sp³-hybridized carbons (Fsp3) is 0.250. The van der Waals surface area contributed by atoms with E-state index in [-0.39, 0.29) is 31.4 Å². The van der Waals surface area contributed by atoms with Crippen molar-refractivity contribution in [1.29, 1.82) is 0 Å². The molecule has 2 aromatic rings. The summed E-state index contributed by atoms with van der Waals surface area (Å²) in [5.41, 5.74) is 2.05. The average molecular weight is 385 g/mol. The minimum absolute atomic E-state index is 0.00935. The monoisotopic (exact) mass is 385 g/mol. The average Bonchev–Trinajstić information content (AvgIpc) is 2.71. The highest BCUT2D eigenvalue weighted by Gasteiger charge is 2.24. The number of fused-ring (bicyclic) bond motifs is 1. The lowest BCUT2D eigenvalue weighted by Crippen LogP contribution is -2.37. The van der Waals surface area contributed by atoms with Gasteiger partial charge in [0.05, 0.1) is 30.5 Å². The van der Waals surface area contributed by atoms with E-state index in [4.69, 9.17) is 4.74 Å². The number of hydrogen-bond donors (Lipinski definition) is 0. The second kappa shape index (κ2) is 8.73. The number of amides is 1. The smallest absolute Gasteiger partial charge is 0.337 e. The van der Waals surface area contributed by atoms with Crippen LogP contribution in [0, 0.1) is 0 Å². The van der Waals surface area contributed by atoms with E-state index < -0.39 is 5.97 Å². The summed E-state index contributed by atoms with van der Waals surface area (Å²) in [4.78, 5) is 38.3. The topological polar surface area (TPSA) is 72.9 Å². The van der Waals surface area contributed by atoms with Gasteiger partial charge in [-0.15, -0.1) is 11.8 Å². The van der Waals surface area contributed by atoms with Gasteiger partial charge in [-0.3, -0.25) is 9.59 Å². The molecule has 0 aliphatic carbocycles. The molecule has 1 heterocycles. The van der Waals surface area contributed by atoms with Crippen LogP contribution in [0.2, 0.25) is 0 Å². The minimum atomic E-state index is -0.414. The number of thioether (sulfide) groups is 1. The first-order chi connectivity index (χ1) is 13.1. The maximum Gasteiger partial charge on any atom is 0.337 e. The highest BCUT2D eigenvalue weighted by Crippen LogP contribution is 2.34. The van der Waals surface area contributed by atoms with Gasteiger partial charge < -0.3 is 14.4 Å². The first kappa shape index (κ1) is 19.0. The predicted molar refractivity (Wildman–Crippen MR) is 102 cm³/mol. The molecule has 0 N–H and O–H groups in total. The van der Waals surface area contributed by atoms with Crippen LogP contribution in [0.25, 0.3) is 0 Å². The number of hydrogen-bond acceptors (Lipinski definition) is 6. The molecule has 3 rings (SSSR count). The molecule has 0 fully saturated rings. The van der Waals surface area contributed by atoms with E-state index in [2.05, 4.69) is 4.74 Å².